The van der Waals surface area contributed by atoms with Crippen molar-refractivity contribution >= 4 is 5.69 Å². The second kappa shape index (κ2) is 3.33. The Kier molecular flexibility index (Phi) is 2.02. The first kappa shape index (κ1) is 8.49. The van der Waals surface area contributed by atoms with Crippen LogP contribution in [0.4, 0.5) is 5.69 Å². The number of rotatable bonds is 2. The van der Waals surface area contributed by atoms with Crippen molar-refractivity contribution in [3.8, 4) is 0 Å². The van der Waals surface area contributed by atoms with E-state index in [1.54, 1.807) is 12.1 Å². The van der Waals surface area contributed by atoms with Crippen molar-refractivity contribution in [2.75, 3.05) is 12.1 Å². The number of tetrazole rings is 1. The molecule has 0 aliphatic heterocycles. The average Bonchev–Trinajstić information content (AvgIpc) is 2.65. The largest absolute Gasteiger partial charge is 0.381 e. The fourth-order valence-electron chi connectivity index (χ4n) is 1.14. The molecule has 0 amide bonds. The molecule has 1 aromatic heterocycles. The van der Waals surface area contributed by atoms with Crippen LogP contribution in [0.3, 0.4) is 0 Å². The predicted octanol–water partition coefficient (Wildman–Crippen LogP) is -0.134. The summed E-state index contributed by atoms with van der Waals surface area (Å²) >= 11 is 0. The smallest absolute Gasteiger partial charge is 0.262 e. The normalized spacial score (nSPS) is 10.1. The van der Waals surface area contributed by atoms with E-state index in [0.29, 0.717) is 0 Å². The van der Waals surface area contributed by atoms with Crippen LogP contribution >= 0.6 is 0 Å². The lowest BCUT2D eigenvalue weighted by molar-refractivity contribution is 0.620. The van der Waals surface area contributed by atoms with Gasteiger partial charge in [-0.15, -0.1) is 0 Å². The topological polar surface area (TPSA) is 66.8 Å². The van der Waals surface area contributed by atoms with Gasteiger partial charge in [0.1, 0.15) is 0 Å². The van der Waals surface area contributed by atoms with E-state index in [0.717, 1.165) is 10.5 Å². The molecule has 6 nitrogen and oxygen atoms in total. The number of nitrogens with zero attached hydrogens (tertiary/aromatic N) is 4. The van der Waals surface area contributed by atoms with Crippen molar-refractivity contribution in [3.05, 3.63) is 40.8 Å². The van der Waals surface area contributed by atoms with Crippen molar-refractivity contribution in [1.82, 2.24) is 20.3 Å². The van der Waals surface area contributed by atoms with Gasteiger partial charge in [0.2, 0.25) is 0 Å². The molecule has 0 fully saturated rings. The lowest BCUT2D eigenvalue weighted by Gasteiger charge is -2.15. The van der Waals surface area contributed by atoms with Crippen LogP contribution < -0.4 is 10.7 Å². The maximum Gasteiger partial charge on any atom is 0.381 e. The van der Waals surface area contributed by atoms with Crippen molar-refractivity contribution < 1.29 is 0 Å². The molecule has 14 heavy (non-hydrogen) atoms. The van der Waals surface area contributed by atoms with Crippen molar-refractivity contribution in [2.45, 2.75) is 0 Å². The minimum Gasteiger partial charge on any atom is -0.262 e. The van der Waals surface area contributed by atoms with Crippen molar-refractivity contribution in [3.63, 3.8) is 0 Å². The van der Waals surface area contributed by atoms with E-state index in [4.69, 9.17) is 0 Å². The molecule has 0 saturated heterocycles. The van der Waals surface area contributed by atoms with Crippen molar-refractivity contribution in [1.29, 1.82) is 0 Å². The van der Waals surface area contributed by atoms with Crippen LogP contribution in [0, 0.1) is 0 Å². The van der Waals surface area contributed by atoms with Gasteiger partial charge in [-0.05, 0) is 22.6 Å². The van der Waals surface area contributed by atoms with E-state index in [-0.39, 0.29) is 5.69 Å². The van der Waals surface area contributed by atoms with Gasteiger partial charge in [0, 0.05) is 7.05 Å². The van der Waals surface area contributed by atoms with Crippen LogP contribution in [0.25, 0.3) is 0 Å². The third kappa shape index (κ3) is 1.37. The third-order valence-corrected chi connectivity index (χ3v) is 1.87. The van der Waals surface area contributed by atoms with Crippen LogP contribution in [-0.4, -0.2) is 27.4 Å². The Hall–Kier alpha value is -2.11. The Morgan fingerprint density at radius 3 is 2.64 bits per heavy atom. The zero-order valence-electron chi connectivity index (χ0n) is 7.58. The van der Waals surface area contributed by atoms with Crippen LogP contribution in [0.15, 0.2) is 35.1 Å². The highest BCUT2D eigenvalue weighted by Gasteiger charge is 2.06. The van der Waals surface area contributed by atoms with Gasteiger partial charge >= 0.3 is 5.69 Å². The van der Waals surface area contributed by atoms with E-state index in [1.807, 2.05) is 30.3 Å². The van der Waals surface area contributed by atoms with Gasteiger partial charge in [-0.2, -0.15) is 0 Å². The molecule has 1 aromatic carbocycles. The number of hydrogen-bond acceptors (Lipinski definition) is 4. The van der Waals surface area contributed by atoms with Gasteiger partial charge in [-0.1, -0.05) is 23.0 Å². The summed E-state index contributed by atoms with van der Waals surface area (Å²) in [5.41, 5.74) is 0.500. The number of aromatic amines is 1. The van der Waals surface area contributed by atoms with E-state index >= 15 is 0 Å². The van der Waals surface area contributed by atoms with Crippen molar-refractivity contribution in [2.24, 2.45) is 0 Å². The lowest BCUT2D eigenvalue weighted by atomic mass is 10.3. The fraction of sp³-hybridized carbons (Fsp3) is 0.125. The highest BCUT2D eigenvalue weighted by atomic mass is 16.2. The van der Waals surface area contributed by atoms with Gasteiger partial charge in [0.05, 0.1) is 5.69 Å². The molecule has 0 bridgehead atoms. The van der Waals surface area contributed by atoms with E-state index < -0.39 is 0 Å². The number of H-pyrrole nitrogens is 1. The van der Waals surface area contributed by atoms with Crippen LogP contribution in [-0.2, 0) is 0 Å². The average molecular weight is 191 g/mol. The molecule has 0 aliphatic carbocycles. The van der Waals surface area contributed by atoms with E-state index in [2.05, 4.69) is 15.5 Å². The molecule has 0 saturated carbocycles. The summed E-state index contributed by atoms with van der Waals surface area (Å²) in [5, 5.41) is 10.8. The van der Waals surface area contributed by atoms with Gasteiger partial charge in [0.25, 0.3) is 0 Å². The maximum atomic E-state index is 11.2. The molecule has 1 heterocycles. The Morgan fingerprint density at radius 2 is 2.07 bits per heavy atom. The van der Waals surface area contributed by atoms with E-state index in [9.17, 15) is 4.79 Å². The molecule has 2 rings (SSSR count). The zero-order chi connectivity index (χ0) is 9.97. The number of para-hydroxylation sites is 1. The first-order valence-electron chi connectivity index (χ1n) is 4.08. The summed E-state index contributed by atoms with van der Waals surface area (Å²) in [7, 11) is 1.74. The van der Waals surface area contributed by atoms with Crippen LogP contribution in [0.5, 0.6) is 0 Å². The maximum absolute atomic E-state index is 11.2. The summed E-state index contributed by atoms with van der Waals surface area (Å²) in [5.74, 6) is 0. The Labute approximate surface area is 79.7 Å². The highest BCUT2D eigenvalue weighted by Crippen LogP contribution is 2.09. The minimum absolute atomic E-state index is 0.364. The first-order valence-corrected chi connectivity index (χ1v) is 4.08. The Bertz CT molecular complexity index is 460. The van der Waals surface area contributed by atoms with Gasteiger partial charge < -0.3 is 0 Å². The molecular weight excluding hydrogens is 182 g/mol. The molecule has 0 unspecified atom stereocenters. The van der Waals surface area contributed by atoms with Crippen LogP contribution in [0.2, 0.25) is 0 Å². The molecule has 0 aliphatic rings. The Balaban J connectivity index is 2.39. The number of nitrogens with one attached hydrogen (secondary N) is 1. The number of hydrogen-bond donors (Lipinski definition) is 1. The third-order valence-electron chi connectivity index (χ3n) is 1.87. The minimum atomic E-state index is -0.364. The quantitative estimate of drug-likeness (QED) is 0.717. The second-order valence-electron chi connectivity index (χ2n) is 2.75. The number of aromatic nitrogens is 4. The standard InChI is InChI=1S/C8H9N5O/c1-12(7-5-3-2-4-6-7)13-8(14)9-10-11-13/h2-6H,1H3,(H,9,11,14). The molecule has 1 N–H and O–H groups in total. The summed E-state index contributed by atoms with van der Waals surface area (Å²) in [6.45, 7) is 0. The van der Waals surface area contributed by atoms with Crippen LogP contribution in [0.1, 0.15) is 0 Å². The van der Waals surface area contributed by atoms with E-state index in [1.165, 1.54) is 0 Å². The SMILES string of the molecule is CN(c1ccccc1)n1nn[nH]c1=O. The zero-order valence-corrected chi connectivity index (χ0v) is 7.58. The summed E-state index contributed by atoms with van der Waals surface area (Å²) in [6, 6.07) is 9.43. The van der Waals surface area contributed by atoms with Gasteiger partial charge in [0.15, 0.2) is 0 Å². The van der Waals surface area contributed by atoms with Gasteiger partial charge in [-0.3, -0.25) is 5.01 Å². The monoisotopic (exact) mass is 191 g/mol. The molecule has 0 spiro atoms. The Morgan fingerprint density at radius 1 is 1.36 bits per heavy atom. The molecule has 6 heteroatoms. The van der Waals surface area contributed by atoms with Gasteiger partial charge in [-0.25, -0.2) is 9.89 Å². The fourth-order valence-corrected chi connectivity index (χ4v) is 1.14. The molecule has 0 atom stereocenters. The molecular formula is C8H9N5O. The first-order chi connectivity index (χ1) is 6.79. The number of anilines is 1. The summed E-state index contributed by atoms with van der Waals surface area (Å²) in [6.07, 6.45) is 0. The number of benzene rings is 1. The molecule has 72 valence electrons. The lowest BCUT2D eigenvalue weighted by Crippen LogP contribution is -2.34. The second-order valence-corrected chi connectivity index (χ2v) is 2.75. The predicted molar refractivity (Wildman–Crippen MR) is 50.9 cm³/mol. The summed E-state index contributed by atoms with van der Waals surface area (Å²) in [4.78, 5) is 12.3. The molecule has 2 aromatic rings. The highest BCUT2D eigenvalue weighted by molar-refractivity contribution is 5.43. The molecule has 0 radical (unpaired) electrons. The summed E-state index contributed by atoms with van der Waals surface area (Å²) < 4.78 is 0.